The average Bonchev–Trinajstić information content (AvgIpc) is 2.68. The van der Waals surface area contributed by atoms with Crippen molar-refractivity contribution in [1.82, 2.24) is 16.0 Å². The third-order valence-corrected chi connectivity index (χ3v) is 5.34. The summed E-state index contributed by atoms with van der Waals surface area (Å²) < 4.78 is 5.38. The zero-order valence-corrected chi connectivity index (χ0v) is 19.8. The standard InChI is InChI=1S/C20H33N3O6S2/c1-11(2)18-15(24)9-17(26)29-13(6-4-5-7-30)8-16(25)21-12(3)19(27)22-14(10-31)20(28)23-18/h4,6,11-15,18,24,30-31H,5,7-10H2,1-3H3,(H,21,25)(H,22,27)(H,23,28)/b6-4+/t12-,13-,14-,15+,18?/m1/s1. The predicted octanol–water partition coefficient (Wildman–Crippen LogP) is -0.0109. The van der Waals surface area contributed by atoms with Gasteiger partial charge in [0.15, 0.2) is 0 Å². The van der Waals surface area contributed by atoms with Gasteiger partial charge in [0.25, 0.3) is 0 Å². The average molecular weight is 476 g/mol. The number of hydrogen-bond acceptors (Lipinski definition) is 8. The molecule has 1 aliphatic heterocycles. The topological polar surface area (TPSA) is 134 Å². The maximum Gasteiger partial charge on any atom is 0.309 e. The molecule has 9 nitrogen and oxygen atoms in total. The summed E-state index contributed by atoms with van der Waals surface area (Å²) in [6.45, 7) is 5.06. The van der Waals surface area contributed by atoms with Gasteiger partial charge in [-0.15, -0.1) is 0 Å². The van der Waals surface area contributed by atoms with Crippen LogP contribution in [0.25, 0.3) is 0 Å². The summed E-state index contributed by atoms with van der Waals surface area (Å²) in [5.74, 6) is -1.91. The van der Waals surface area contributed by atoms with Crippen LogP contribution in [-0.2, 0) is 23.9 Å². The Morgan fingerprint density at radius 3 is 2.35 bits per heavy atom. The van der Waals surface area contributed by atoms with E-state index in [0.29, 0.717) is 12.2 Å². The zero-order chi connectivity index (χ0) is 23.6. The van der Waals surface area contributed by atoms with Crippen LogP contribution in [0.1, 0.15) is 40.0 Å². The number of hydrogen-bond donors (Lipinski definition) is 6. The van der Waals surface area contributed by atoms with E-state index in [4.69, 9.17) is 4.74 Å². The number of rotatable bonds is 5. The monoisotopic (exact) mass is 475 g/mol. The van der Waals surface area contributed by atoms with E-state index in [-0.39, 0.29) is 24.5 Å². The number of carbonyl (C=O) groups excluding carboxylic acids is 4. The zero-order valence-electron chi connectivity index (χ0n) is 18.0. The number of nitrogens with one attached hydrogen (secondary N) is 3. The van der Waals surface area contributed by atoms with Gasteiger partial charge in [-0.3, -0.25) is 19.2 Å². The van der Waals surface area contributed by atoms with Crippen LogP contribution in [0, 0.1) is 5.92 Å². The first kappa shape index (κ1) is 27.3. The van der Waals surface area contributed by atoms with Crippen molar-refractivity contribution in [2.45, 2.75) is 70.4 Å². The number of aliphatic hydroxyl groups excluding tert-OH is 1. The van der Waals surface area contributed by atoms with E-state index < -0.39 is 54.0 Å². The molecule has 0 radical (unpaired) electrons. The summed E-state index contributed by atoms with van der Waals surface area (Å²) in [5, 5.41) is 18.3. The van der Waals surface area contributed by atoms with Gasteiger partial charge in [-0.25, -0.2) is 0 Å². The molecule has 1 rings (SSSR count). The van der Waals surface area contributed by atoms with Crippen LogP contribution < -0.4 is 16.0 Å². The molecular weight excluding hydrogens is 442 g/mol. The molecular formula is C20H33N3O6S2. The molecule has 0 aromatic rings. The van der Waals surface area contributed by atoms with Crippen LogP contribution >= 0.6 is 25.3 Å². The van der Waals surface area contributed by atoms with Gasteiger partial charge in [0, 0.05) is 5.75 Å². The van der Waals surface area contributed by atoms with Crippen molar-refractivity contribution in [1.29, 1.82) is 0 Å². The van der Waals surface area contributed by atoms with E-state index in [1.807, 2.05) is 0 Å². The molecule has 4 N–H and O–H groups in total. The third-order valence-electron chi connectivity index (χ3n) is 4.72. The smallest absolute Gasteiger partial charge is 0.309 e. The molecule has 1 heterocycles. The number of cyclic esters (lactones) is 1. The Morgan fingerprint density at radius 2 is 1.77 bits per heavy atom. The highest BCUT2D eigenvalue weighted by Gasteiger charge is 2.32. The molecule has 31 heavy (non-hydrogen) atoms. The van der Waals surface area contributed by atoms with Crippen molar-refractivity contribution in [2.75, 3.05) is 11.5 Å². The molecule has 0 aromatic carbocycles. The fourth-order valence-electron chi connectivity index (χ4n) is 3.00. The highest BCUT2D eigenvalue weighted by Crippen LogP contribution is 2.13. The minimum atomic E-state index is -1.22. The molecule has 0 aromatic heterocycles. The number of allylic oxidation sites excluding steroid dienone is 1. The number of ether oxygens (including phenoxy) is 1. The van der Waals surface area contributed by atoms with Gasteiger partial charge in [0.1, 0.15) is 18.2 Å². The summed E-state index contributed by atoms with van der Waals surface area (Å²) >= 11 is 8.23. The molecule has 0 spiro atoms. The number of esters is 1. The van der Waals surface area contributed by atoms with Crippen LogP contribution in [0.15, 0.2) is 12.2 Å². The molecule has 1 fully saturated rings. The Bertz CT molecular complexity index is 673. The minimum absolute atomic E-state index is 0.0131. The lowest BCUT2D eigenvalue weighted by Crippen LogP contribution is -2.57. The second-order valence-corrected chi connectivity index (χ2v) is 8.57. The van der Waals surface area contributed by atoms with E-state index in [9.17, 15) is 24.3 Å². The minimum Gasteiger partial charge on any atom is -0.457 e. The highest BCUT2D eigenvalue weighted by molar-refractivity contribution is 7.80. The van der Waals surface area contributed by atoms with Gasteiger partial charge in [-0.1, -0.05) is 19.9 Å². The Hall–Kier alpha value is -1.72. The Balaban J connectivity index is 3.17. The fourth-order valence-corrected chi connectivity index (χ4v) is 3.40. The van der Waals surface area contributed by atoms with Gasteiger partial charge >= 0.3 is 5.97 Å². The van der Waals surface area contributed by atoms with Crippen molar-refractivity contribution in [3.8, 4) is 0 Å². The number of thiol groups is 2. The summed E-state index contributed by atoms with van der Waals surface area (Å²) in [6, 6.07) is -2.64. The van der Waals surface area contributed by atoms with Crippen molar-refractivity contribution in [2.24, 2.45) is 5.92 Å². The van der Waals surface area contributed by atoms with E-state index in [0.717, 1.165) is 0 Å². The molecule has 1 aliphatic rings. The Kier molecular flexibility index (Phi) is 12.0. The molecule has 1 saturated heterocycles. The predicted molar refractivity (Wildman–Crippen MR) is 123 cm³/mol. The number of aliphatic hydroxyl groups is 1. The first-order valence-electron chi connectivity index (χ1n) is 10.2. The normalized spacial score (nSPS) is 29.6. The van der Waals surface area contributed by atoms with Crippen LogP contribution in [0.5, 0.6) is 0 Å². The molecule has 11 heteroatoms. The van der Waals surface area contributed by atoms with Crippen LogP contribution in [0.3, 0.4) is 0 Å². The number of amides is 3. The highest BCUT2D eigenvalue weighted by atomic mass is 32.1. The quantitative estimate of drug-likeness (QED) is 0.188. The fraction of sp³-hybridized carbons (Fsp3) is 0.700. The summed E-state index contributed by atoms with van der Waals surface area (Å²) in [5.41, 5.74) is 0. The Morgan fingerprint density at radius 1 is 1.10 bits per heavy atom. The first-order valence-corrected chi connectivity index (χ1v) is 11.5. The van der Waals surface area contributed by atoms with Gasteiger partial charge in [0.05, 0.1) is 25.0 Å². The maximum atomic E-state index is 12.6. The third kappa shape index (κ3) is 9.53. The van der Waals surface area contributed by atoms with Gasteiger partial charge in [-0.05, 0) is 31.1 Å². The largest absolute Gasteiger partial charge is 0.457 e. The summed E-state index contributed by atoms with van der Waals surface area (Å²) in [4.78, 5) is 49.9. The van der Waals surface area contributed by atoms with E-state index >= 15 is 0 Å². The van der Waals surface area contributed by atoms with Crippen LogP contribution in [-0.4, -0.2) is 70.6 Å². The lowest BCUT2D eigenvalue weighted by Gasteiger charge is -2.29. The van der Waals surface area contributed by atoms with Crippen LogP contribution in [0.4, 0.5) is 0 Å². The van der Waals surface area contributed by atoms with E-state index in [2.05, 4.69) is 41.2 Å². The van der Waals surface area contributed by atoms with Gasteiger partial charge in [0.2, 0.25) is 17.7 Å². The number of carbonyl (C=O) groups is 4. The van der Waals surface area contributed by atoms with Crippen molar-refractivity contribution in [3.63, 3.8) is 0 Å². The SMILES string of the molecule is CC(C)C1NC(=O)[C@@H](CS)NC(=O)[C@@H](C)NC(=O)C[C@@H](/C=C/CCS)OC(=O)C[C@@H]1O. The lowest BCUT2D eigenvalue weighted by atomic mass is 9.96. The van der Waals surface area contributed by atoms with E-state index in [1.54, 1.807) is 26.0 Å². The second kappa shape index (κ2) is 13.6. The molecule has 0 bridgehead atoms. The lowest BCUT2D eigenvalue weighted by molar-refractivity contribution is -0.151. The van der Waals surface area contributed by atoms with Crippen molar-refractivity contribution < 1.29 is 29.0 Å². The molecule has 0 saturated carbocycles. The first-order chi connectivity index (χ1) is 14.6. The van der Waals surface area contributed by atoms with Crippen molar-refractivity contribution >= 4 is 48.9 Å². The van der Waals surface area contributed by atoms with Gasteiger partial charge in [-0.2, -0.15) is 25.3 Å². The summed E-state index contributed by atoms with van der Waals surface area (Å²) in [6.07, 6.45) is 1.31. The molecule has 176 valence electrons. The maximum absolute atomic E-state index is 12.6. The Labute approximate surface area is 193 Å². The molecule has 0 aliphatic carbocycles. The van der Waals surface area contributed by atoms with E-state index in [1.165, 1.54) is 6.92 Å². The molecule has 1 unspecified atom stereocenters. The van der Waals surface area contributed by atoms with Gasteiger partial charge < -0.3 is 25.8 Å². The van der Waals surface area contributed by atoms with Crippen molar-refractivity contribution in [3.05, 3.63) is 12.2 Å². The summed E-state index contributed by atoms with van der Waals surface area (Å²) in [7, 11) is 0. The molecule has 3 amide bonds. The molecule has 5 atom stereocenters. The second-order valence-electron chi connectivity index (χ2n) is 7.76. The van der Waals surface area contributed by atoms with Crippen LogP contribution in [0.2, 0.25) is 0 Å².